The first-order valence-electron chi connectivity index (χ1n) is 2.86. The molecule has 6 heteroatoms. The summed E-state index contributed by atoms with van der Waals surface area (Å²) in [5.41, 5.74) is 0. The van der Waals surface area contributed by atoms with Crippen molar-refractivity contribution >= 4 is 46.4 Å². The molecule has 0 aliphatic carbocycles. The van der Waals surface area contributed by atoms with Gasteiger partial charge in [0.1, 0.15) is 0 Å². The zero-order valence-electron chi connectivity index (χ0n) is 6.06. The van der Waals surface area contributed by atoms with Crippen LogP contribution in [0.1, 0.15) is 0 Å². The van der Waals surface area contributed by atoms with E-state index in [9.17, 15) is 0 Å². The van der Waals surface area contributed by atoms with Crippen molar-refractivity contribution in [2.24, 2.45) is 0 Å². The molecule has 0 amide bonds. The van der Waals surface area contributed by atoms with Gasteiger partial charge in [0.25, 0.3) is 6.26 Å². The van der Waals surface area contributed by atoms with E-state index < -0.39 is 0 Å². The van der Waals surface area contributed by atoms with Gasteiger partial charge in [-0.2, -0.15) is 5.26 Å². The lowest BCUT2D eigenvalue weighted by atomic mass is 10.4. The van der Waals surface area contributed by atoms with Crippen LogP contribution in [-0.4, -0.2) is 5.11 Å². The van der Waals surface area contributed by atoms with Gasteiger partial charge in [0.05, 0.1) is 20.1 Å². The maximum absolute atomic E-state index is 6.88. The molecule has 1 rings (SSSR count). The first-order chi connectivity index (χ1) is 6.04. The molecule has 70 valence electrons. The number of aliphatic hydroxyl groups is 1. The fourth-order valence-corrected chi connectivity index (χ4v) is 1.24. The van der Waals surface area contributed by atoms with Gasteiger partial charge in [-0.15, -0.1) is 0 Å². The molecule has 0 heterocycles. The molecule has 1 aromatic rings. The minimum absolute atomic E-state index is 0.302. The Hall–Kier alpha value is -0.330. The monoisotopic (exact) mass is 257 g/mol. The molecule has 0 aliphatic heterocycles. The smallest absolute Gasteiger partial charge is 0.283 e. The molecule has 0 radical (unpaired) electrons. The van der Waals surface area contributed by atoms with Crippen molar-refractivity contribution in [3.05, 3.63) is 32.2 Å². The topological polar surface area (TPSA) is 44.0 Å². The van der Waals surface area contributed by atoms with Crippen molar-refractivity contribution < 1.29 is 5.11 Å². The Labute approximate surface area is 95.2 Å². The maximum atomic E-state index is 6.88. The van der Waals surface area contributed by atoms with Crippen molar-refractivity contribution in [2.75, 3.05) is 0 Å². The minimum atomic E-state index is 0.302. The van der Waals surface area contributed by atoms with Gasteiger partial charge in [0, 0.05) is 0 Å². The molecule has 0 fully saturated rings. The molecule has 1 aromatic carbocycles. The SMILES string of the molecule is Clc1ccc(Cl)c(Cl)c1Cl.N#CO. The molecule has 0 unspecified atom stereocenters. The zero-order chi connectivity index (χ0) is 10.4. The van der Waals surface area contributed by atoms with E-state index in [1.165, 1.54) is 0 Å². The van der Waals surface area contributed by atoms with Gasteiger partial charge in [-0.3, -0.25) is 0 Å². The number of rotatable bonds is 0. The highest BCUT2D eigenvalue weighted by Gasteiger charge is 2.05. The number of hydrogen-bond acceptors (Lipinski definition) is 2. The van der Waals surface area contributed by atoms with Crippen LogP contribution in [0.2, 0.25) is 20.1 Å². The third-order valence-corrected chi connectivity index (χ3v) is 2.69. The molecular formula is C7H3Cl4NO. The highest BCUT2D eigenvalue weighted by molar-refractivity contribution is 6.51. The van der Waals surface area contributed by atoms with E-state index in [0.29, 0.717) is 20.1 Å². The number of hydrogen-bond donors (Lipinski definition) is 1. The molecule has 0 saturated heterocycles. The zero-order valence-corrected chi connectivity index (χ0v) is 9.08. The van der Waals surface area contributed by atoms with Crippen LogP contribution >= 0.6 is 46.4 Å². The molecule has 0 aliphatic rings. The van der Waals surface area contributed by atoms with Crippen LogP contribution in [-0.2, 0) is 0 Å². The average molecular weight is 259 g/mol. The van der Waals surface area contributed by atoms with E-state index in [1.54, 1.807) is 12.1 Å². The Morgan fingerprint density at radius 3 is 1.46 bits per heavy atom. The van der Waals surface area contributed by atoms with Gasteiger partial charge in [-0.25, -0.2) is 0 Å². The number of halogens is 4. The summed E-state index contributed by atoms with van der Waals surface area (Å²) in [6.07, 6.45) is 0.750. The lowest BCUT2D eigenvalue weighted by molar-refractivity contribution is 0.503. The van der Waals surface area contributed by atoms with Gasteiger partial charge in [-0.05, 0) is 12.1 Å². The van der Waals surface area contributed by atoms with E-state index in [-0.39, 0.29) is 0 Å². The lowest BCUT2D eigenvalue weighted by Crippen LogP contribution is -1.71. The molecule has 0 spiro atoms. The lowest BCUT2D eigenvalue weighted by Gasteiger charge is -1.98. The van der Waals surface area contributed by atoms with E-state index in [0.717, 1.165) is 6.26 Å². The number of nitrogens with zero attached hydrogens (tertiary/aromatic N) is 1. The predicted molar refractivity (Wildman–Crippen MR) is 54.0 cm³/mol. The van der Waals surface area contributed by atoms with Gasteiger partial charge < -0.3 is 5.11 Å². The summed E-state index contributed by atoms with van der Waals surface area (Å²) in [6, 6.07) is 3.19. The van der Waals surface area contributed by atoms with Gasteiger partial charge >= 0.3 is 0 Å². The molecular weight excluding hydrogens is 256 g/mol. The normalized spacial score (nSPS) is 8.23. The quantitative estimate of drug-likeness (QED) is 0.432. The summed E-state index contributed by atoms with van der Waals surface area (Å²) in [7, 11) is 0. The van der Waals surface area contributed by atoms with E-state index in [2.05, 4.69) is 0 Å². The summed E-state index contributed by atoms with van der Waals surface area (Å²) in [5.74, 6) is 0. The van der Waals surface area contributed by atoms with Crippen molar-refractivity contribution in [3.63, 3.8) is 0 Å². The van der Waals surface area contributed by atoms with Crippen molar-refractivity contribution in [1.82, 2.24) is 0 Å². The maximum Gasteiger partial charge on any atom is 0.283 e. The standard InChI is InChI=1S/C6H2Cl4.CHNO/c7-3-1-2-4(8)6(10)5(3)9;2-1-3/h1-2H;3H. The van der Waals surface area contributed by atoms with Gasteiger partial charge in [0.15, 0.2) is 0 Å². The second-order valence-electron chi connectivity index (χ2n) is 1.76. The van der Waals surface area contributed by atoms with Crippen molar-refractivity contribution in [1.29, 1.82) is 5.26 Å². The fraction of sp³-hybridized carbons (Fsp3) is 0. The van der Waals surface area contributed by atoms with E-state index in [1.807, 2.05) is 0 Å². The molecule has 0 saturated carbocycles. The van der Waals surface area contributed by atoms with Crippen LogP contribution in [0.15, 0.2) is 12.1 Å². The predicted octanol–water partition coefficient (Wildman–Crippen LogP) is 4.14. The molecule has 0 atom stereocenters. The van der Waals surface area contributed by atoms with Crippen LogP contribution in [0, 0.1) is 11.5 Å². The van der Waals surface area contributed by atoms with Crippen molar-refractivity contribution in [2.45, 2.75) is 0 Å². The number of benzene rings is 1. The third kappa shape index (κ3) is 3.93. The fourth-order valence-electron chi connectivity index (χ4n) is 0.502. The second-order valence-corrected chi connectivity index (χ2v) is 3.33. The van der Waals surface area contributed by atoms with Crippen LogP contribution in [0.4, 0.5) is 0 Å². The summed E-state index contributed by atoms with van der Waals surface area (Å²) in [4.78, 5) is 0. The highest BCUT2D eigenvalue weighted by Crippen LogP contribution is 2.34. The third-order valence-electron chi connectivity index (χ3n) is 0.988. The summed E-state index contributed by atoms with van der Waals surface area (Å²) < 4.78 is 0. The number of nitriles is 1. The highest BCUT2D eigenvalue weighted by atomic mass is 35.5. The van der Waals surface area contributed by atoms with Gasteiger partial charge in [-0.1, -0.05) is 46.4 Å². The summed E-state index contributed by atoms with van der Waals surface area (Å²) >= 11 is 22.5. The van der Waals surface area contributed by atoms with Crippen LogP contribution in [0.25, 0.3) is 0 Å². The van der Waals surface area contributed by atoms with E-state index in [4.69, 9.17) is 56.8 Å². The van der Waals surface area contributed by atoms with Gasteiger partial charge in [0.2, 0.25) is 0 Å². The molecule has 13 heavy (non-hydrogen) atoms. The Balaban J connectivity index is 0.000000424. The largest absolute Gasteiger partial charge is 0.443 e. The average Bonchev–Trinajstić information content (AvgIpc) is 2.10. The first kappa shape index (κ1) is 12.7. The first-order valence-corrected chi connectivity index (χ1v) is 4.38. The molecule has 1 N–H and O–H groups in total. The summed E-state index contributed by atoms with van der Waals surface area (Å²) in [6.45, 7) is 0. The Morgan fingerprint density at radius 1 is 1.00 bits per heavy atom. The summed E-state index contributed by atoms with van der Waals surface area (Å²) in [5, 5.41) is 15.2. The number of aliphatic hydroxyl groups excluding tert-OH is 1. The van der Waals surface area contributed by atoms with Crippen LogP contribution in [0.3, 0.4) is 0 Å². The molecule has 0 bridgehead atoms. The Morgan fingerprint density at radius 2 is 1.23 bits per heavy atom. The molecule has 0 aromatic heterocycles. The van der Waals surface area contributed by atoms with Crippen LogP contribution in [0.5, 0.6) is 0 Å². The van der Waals surface area contributed by atoms with Crippen LogP contribution < -0.4 is 0 Å². The Bertz CT molecular complexity index is 307. The second kappa shape index (κ2) is 6.17. The van der Waals surface area contributed by atoms with Crippen molar-refractivity contribution in [3.8, 4) is 6.26 Å². The Kier molecular flexibility index (Phi) is 6.02. The molecule has 2 nitrogen and oxygen atoms in total. The minimum Gasteiger partial charge on any atom is -0.443 e. The van der Waals surface area contributed by atoms with E-state index >= 15 is 0 Å².